The van der Waals surface area contributed by atoms with Crippen LogP contribution in [0.3, 0.4) is 0 Å². The molecule has 1 atom stereocenters. The highest BCUT2D eigenvalue weighted by Gasteiger charge is 2.29. The van der Waals surface area contributed by atoms with E-state index in [4.69, 9.17) is 4.74 Å². The second-order valence-corrected chi connectivity index (χ2v) is 7.42. The summed E-state index contributed by atoms with van der Waals surface area (Å²) in [7, 11) is 0. The van der Waals surface area contributed by atoms with E-state index in [0.29, 0.717) is 18.4 Å². The van der Waals surface area contributed by atoms with Gasteiger partial charge in [0.05, 0.1) is 18.0 Å². The van der Waals surface area contributed by atoms with Gasteiger partial charge in [0.25, 0.3) is 0 Å². The van der Waals surface area contributed by atoms with Crippen LogP contribution in [0.5, 0.6) is 0 Å². The first kappa shape index (κ1) is 16.5. The molecule has 0 saturated carbocycles. The predicted octanol–water partition coefficient (Wildman–Crippen LogP) is 3.44. The van der Waals surface area contributed by atoms with E-state index in [1.165, 1.54) is 10.9 Å². The van der Waals surface area contributed by atoms with Crippen LogP contribution in [0.2, 0.25) is 0 Å². The molecule has 4 nitrogen and oxygen atoms in total. The molecule has 3 heterocycles. The third-order valence-corrected chi connectivity index (χ3v) is 5.63. The maximum atomic E-state index is 12.6. The zero-order chi connectivity index (χ0) is 17.1. The summed E-state index contributed by atoms with van der Waals surface area (Å²) in [6.45, 7) is 3.22. The van der Waals surface area contributed by atoms with Crippen LogP contribution in [-0.2, 0) is 16.0 Å². The molecule has 4 heteroatoms. The van der Waals surface area contributed by atoms with Crippen LogP contribution in [0.1, 0.15) is 31.2 Å². The second kappa shape index (κ2) is 7.52. The zero-order valence-corrected chi connectivity index (χ0v) is 14.7. The van der Waals surface area contributed by atoms with Crippen molar-refractivity contribution < 1.29 is 9.53 Å². The van der Waals surface area contributed by atoms with Gasteiger partial charge >= 0.3 is 0 Å². The summed E-state index contributed by atoms with van der Waals surface area (Å²) in [5, 5.41) is 1.21. The van der Waals surface area contributed by atoms with Crippen molar-refractivity contribution in [3.05, 3.63) is 42.1 Å². The number of nitrogens with zero attached hydrogens (tertiary/aromatic N) is 2. The molecule has 0 spiro atoms. The molecule has 25 heavy (non-hydrogen) atoms. The Balaban J connectivity index is 1.32. The van der Waals surface area contributed by atoms with Gasteiger partial charge < -0.3 is 9.64 Å². The van der Waals surface area contributed by atoms with Gasteiger partial charge in [-0.1, -0.05) is 12.1 Å². The number of rotatable bonds is 3. The Labute approximate surface area is 149 Å². The van der Waals surface area contributed by atoms with Gasteiger partial charge in [0, 0.05) is 31.3 Å². The molecule has 0 bridgehead atoms. The first-order valence-corrected chi connectivity index (χ1v) is 9.50. The zero-order valence-electron chi connectivity index (χ0n) is 14.7. The maximum Gasteiger partial charge on any atom is 0.228 e. The highest BCUT2D eigenvalue weighted by molar-refractivity contribution is 5.79. The summed E-state index contributed by atoms with van der Waals surface area (Å²) < 4.78 is 5.48. The second-order valence-electron chi connectivity index (χ2n) is 7.42. The number of piperidine rings is 1. The third-order valence-electron chi connectivity index (χ3n) is 5.63. The van der Waals surface area contributed by atoms with Gasteiger partial charge in [-0.25, -0.2) is 0 Å². The fourth-order valence-electron chi connectivity index (χ4n) is 4.14. The number of ether oxygens (including phenoxy) is 1. The number of amides is 1. The molecular weight excluding hydrogens is 312 g/mol. The van der Waals surface area contributed by atoms with E-state index in [9.17, 15) is 4.79 Å². The third kappa shape index (κ3) is 3.84. The number of hydrogen-bond donors (Lipinski definition) is 0. The van der Waals surface area contributed by atoms with E-state index in [1.54, 1.807) is 0 Å². The number of likely N-dealkylation sites (tertiary alicyclic amines) is 1. The molecule has 2 saturated heterocycles. The lowest BCUT2D eigenvalue weighted by Crippen LogP contribution is -2.44. The average molecular weight is 338 g/mol. The van der Waals surface area contributed by atoms with Gasteiger partial charge in [-0.2, -0.15) is 0 Å². The number of fused-ring (bicyclic) bond motifs is 1. The highest BCUT2D eigenvalue weighted by Crippen LogP contribution is 2.25. The summed E-state index contributed by atoms with van der Waals surface area (Å²) in [4.78, 5) is 19.1. The van der Waals surface area contributed by atoms with Crippen LogP contribution in [0, 0.1) is 11.8 Å². The van der Waals surface area contributed by atoms with Crippen LogP contribution >= 0.6 is 0 Å². The van der Waals surface area contributed by atoms with E-state index >= 15 is 0 Å². The van der Waals surface area contributed by atoms with E-state index in [0.717, 1.165) is 57.3 Å². The van der Waals surface area contributed by atoms with Gasteiger partial charge in [0.2, 0.25) is 5.91 Å². The SMILES string of the molecule is O=C([C@H]1CCCOC1)N1CCC(Cc2ccc3ncccc3c2)CC1. The largest absolute Gasteiger partial charge is 0.381 e. The Hall–Kier alpha value is -1.94. The van der Waals surface area contributed by atoms with Crippen molar-refractivity contribution in [2.24, 2.45) is 11.8 Å². The molecule has 1 aromatic heterocycles. The van der Waals surface area contributed by atoms with Crippen LogP contribution in [0.15, 0.2) is 36.5 Å². The molecule has 4 rings (SSSR count). The summed E-state index contributed by atoms with van der Waals surface area (Å²) in [6, 6.07) is 10.7. The van der Waals surface area contributed by atoms with Crippen molar-refractivity contribution in [1.29, 1.82) is 0 Å². The van der Waals surface area contributed by atoms with E-state index < -0.39 is 0 Å². The summed E-state index contributed by atoms with van der Waals surface area (Å²) in [5.41, 5.74) is 2.44. The van der Waals surface area contributed by atoms with Crippen LogP contribution < -0.4 is 0 Å². The minimum atomic E-state index is 0.0956. The normalized spacial score (nSPS) is 22.2. The molecule has 0 N–H and O–H groups in total. The lowest BCUT2D eigenvalue weighted by molar-refractivity contribution is -0.141. The number of carbonyl (C=O) groups is 1. The van der Waals surface area contributed by atoms with Crippen molar-refractivity contribution in [2.75, 3.05) is 26.3 Å². The molecule has 2 aromatic rings. The topological polar surface area (TPSA) is 42.4 Å². The van der Waals surface area contributed by atoms with Crippen molar-refractivity contribution in [2.45, 2.75) is 32.1 Å². The smallest absolute Gasteiger partial charge is 0.228 e. The van der Waals surface area contributed by atoms with Crippen molar-refractivity contribution in [1.82, 2.24) is 9.88 Å². The number of benzene rings is 1. The molecular formula is C21H26N2O2. The van der Waals surface area contributed by atoms with E-state index in [2.05, 4.69) is 34.1 Å². The number of pyridine rings is 1. The Bertz CT molecular complexity index is 732. The quantitative estimate of drug-likeness (QED) is 0.861. The molecule has 2 fully saturated rings. The molecule has 0 unspecified atom stereocenters. The van der Waals surface area contributed by atoms with Crippen molar-refractivity contribution in [3.8, 4) is 0 Å². The predicted molar refractivity (Wildman–Crippen MR) is 98.3 cm³/mol. The summed E-state index contributed by atoms with van der Waals surface area (Å²) >= 11 is 0. The summed E-state index contributed by atoms with van der Waals surface area (Å²) in [5.74, 6) is 1.08. The monoisotopic (exact) mass is 338 g/mol. The van der Waals surface area contributed by atoms with Gasteiger partial charge in [-0.05, 0) is 61.8 Å². The van der Waals surface area contributed by atoms with Crippen molar-refractivity contribution >= 4 is 16.8 Å². The number of aromatic nitrogens is 1. The lowest BCUT2D eigenvalue weighted by atomic mass is 9.89. The van der Waals surface area contributed by atoms with E-state index in [1.807, 2.05) is 12.3 Å². The average Bonchev–Trinajstić information content (AvgIpc) is 2.69. The summed E-state index contributed by atoms with van der Waals surface area (Å²) in [6.07, 6.45) is 7.15. The van der Waals surface area contributed by atoms with Crippen molar-refractivity contribution in [3.63, 3.8) is 0 Å². The fraction of sp³-hybridized carbons (Fsp3) is 0.524. The molecule has 0 radical (unpaired) electrons. The van der Waals surface area contributed by atoms with Crippen LogP contribution in [0.25, 0.3) is 10.9 Å². The molecule has 2 aliphatic rings. The highest BCUT2D eigenvalue weighted by atomic mass is 16.5. The fourth-order valence-corrected chi connectivity index (χ4v) is 4.14. The maximum absolute atomic E-state index is 12.6. The Morgan fingerprint density at radius 1 is 1.20 bits per heavy atom. The number of carbonyl (C=O) groups excluding carboxylic acids is 1. The Morgan fingerprint density at radius 3 is 2.88 bits per heavy atom. The molecule has 2 aliphatic heterocycles. The Kier molecular flexibility index (Phi) is 4.97. The van der Waals surface area contributed by atoms with Crippen LogP contribution in [0.4, 0.5) is 0 Å². The minimum Gasteiger partial charge on any atom is -0.381 e. The van der Waals surface area contributed by atoms with E-state index in [-0.39, 0.29) is 5.92 Å². The first-order valence-electron chi connectivity index (χ1n) is 9.50. The molecule has 0 aliphatic carbocycles. The van der Waals surface area contributed by atoms with Gasteiger partial charge in [0.15, 0.2) is 0 Å². The van der Waals surface area contributed by atoms with Gasteiger partial charge in [-0.3, -0.25) is 9.78 Å². The van der Waals surface area contributed by atoms with Gasteiger partial charge in [-0.15, -0.1) is 0 Å². The molecule has 1 aromatic carbocycles. The van der Waals surface area contributed by atoms with Gasteiger partial charge in [0.1, 0.15) is 0 Å². The number of hydrogen-bond acceptors (Lipinski definition) is 3. The molecule has 132 valence electrons. The standard InChI is InChI=1S/C21H26N2O2/c24-21(19-4-2-12-25-15-19)23-10-7-16(8-11-23)13-17-5-6-20-18(14-17)3-1-9-22-20/h1,3,5-6,9,14,16,19H,2,4,7-8,10-13,15H2/t19-/m0/s1. The minimum absolute atomic E-state index is 0.0956. The first-order chi connectivity index (χ1) is 12.3. The Morgan fingerprint density at radius 2 is 2.08 bits per heavy atom. The molecule has 1 amide bonds. The lowest BCUT2D eigenvalue weighted by Gasteiger charge is -2.35. The van der Waals surface area contributed by atoms with Crippen LogP contribution in [-0.4, -0.2) is 42.1 Å².